The summed E-state index contributed by atoms with van der Waals surface area (Å²) in [6, 6.07) is 0. The summed E-state index contributed by atoms with van der Waals surface area (Å²) in [7, 11) is 5.61. The lowest BCUT2D eigenvalue weighted by atomic mass is 10.5. The molecule has 0 aliphatic rings. The van der Waals surface area contributed by atoms with Crippen molar-refractivity contribution in [3.8, 4) is 0 Å². The van der Waals surface area contributed by atoms with Crippen LogP contribution < -0.4 is 5.49 Å². The Bertz CT molecular complexity index is 505. The summed E-state index contributed by atoms with van der Waals surface area (Å²) >= 11 is 0. The molecule has 2 rings (SSSR count). The molecule has 2 aromatic heterocycles. The molecule has 0 saturated heterocycles. The zero-order chi connectivity index (χ0) is 9.42. The normalized spacial score (nSPS) is 12.7. The highest BCUT2D eigenvalue weighted by molar-refractivity contribution is 5.69. The number of fused-ring (bicyclic) bond motifs is 1. The predicted molar refractivity (Wildman–Crippen MR) is 49.0 cm³/mol. The minimum atomic E-state index is 0.689. The van der Waals surface area contributed by atoms with Crippen LogP contribution in [-0.2, 0) is 14.1 Å². The van der Waals surface area contributed by atoms with E-state index in [2.05, 4.69) is 15.0 Å². The molecule has 0 aliphatic carbocycles. The summed E-state index contributed by atoms with van der Waals surface area (Å²) in [4.78, 5) is 12.4. The molecule has 0 radical (unpaired) electrons. The topological polar surface area (TPSA) is 48.0 Å². The second-order valence-corrected chi connectivity index (χ2v) is 2.93. The van der Waals surface area contributed by atoms with E-state index in [0.29, 0.717) is 5.49 Å². The van der Waals surface area contributed by atoms with Gasteiger partial charge in [0.15, 0.2) is 11.0 Å². The summed E-state index contributed by atoms with van der Waals surface area (Å²) in [6.45, 7) is 0. The van der Waals surface area contributed by atoms with Crippen molar-refractivity contribution in [1.82, 2.24) is 19.1 Å². The summed E-state index contributed by atoms with van der Waals surface area (Å²) in [5.74, 6) is 0. The minimum absolute atomic E-state index is 0.689. The van der Waals surface area contributed by atoms with Crippen molar-refractivity contribution in [2.45, 2.75) is 0 Å². The molecule has 68 valence electrons. The maximum atomic E-state index is 4.24. The van der Waals surface area contributed by atoms with Gasteiger partial charge in [-0.15, -0.1) is 0 Å². The average Bonchev–Trinajstić information content (AvgIpc) is 2.50. The number of nitrogens with zero attached hydrogens (tertiary/aromatic N) is 5. The van der Waals surface area contributed by atoms with Gasteiger partial charge < -0.3 is 9.13 Å². The second kappa shape index (κ2) is 2.69. The van der Waals surface area contributed by atoms with Crippen LogP contribution in [0, 0.1) is 0 Å². The smallest absolute Gasteiger partial charge is 0.178 e. The predicted octanol–water partition coefficient (Wildman–Crippen LogP) is -0.163. The third kappa shape index (κ3) is 1.04. The van der Waals surface area contributed by atoms with E-state index in [-0.39, 0.29) is 0 Å². The van der Waals surface area contributed by atoms with Gasteiger partial charge in [0.1, 0.15) is 5.65 Å². The number of rotatable bonds is 0. The molecule has 0 amide bonds. The van der Waals surface area contributed by atoms with Crippen molar-refractivity contribution in [2.75, 3.05) is 7.05 Å². The summed E-state index contributed by atoms with van der Waals surface area (Å²) in [5.41, 5.74) is 2.55. The molecule has 0 spiro atoms. The molecule has 0 aliphatic heterocycles. The standard InChI is InChI=1S/C8H11N5/c1-9-7-6-8(12(2)4-10-6)13(3)5-11-7/h4-5H,1-3H3. The van der Waals surface area contributed by atoms with Crippen LogP contribution in [0.3, 0.4) is 0 Å². The van der Waals surface area contributed by atoms with Gasteiger partial charge in [-0.2, -0.15) is 0 Å². The van der Waals surface area contributed by atoms with E-state index in [1.807, 2.05) is 23.2 Å². The number of hydrogen-bond acceptors (Lipinski definition) is 3. The van der Waals surface area contributed by atoms with Gasteiger partial charge in [0.25, 0.3) is 0 Å². The highest BCUT2D eigenvalue weighted by atomic mass is 15.2. The molecular weight excluding hydrogens is 166 g/mol. The van der Waals surface area contributed by atoms with Gasteiger partial charge in [-0.1, -0.05) is 0 Å². The Balaban J connectivity index is 3.05. The van der Waals surface area contributed by atoms with Crippen LogP contribution in [-0.4, -0.2) is 26.1 Å². The molecule has 0 unspecified atom stereocenters. The third-order valence-electron chi connectivity index (χ3n) is 2.02. The molecule has 0 N–H and O–H groups in total. The van der Waals surface area contributed by atoms with Crippen molar-refractivity contribution in [1.29, 1.82) is 0 Å². The molecule has 5 heteroatoms. The van der Waals surface area contributed by atoms with E-state index in [1.54, 1.807) is 19.7 Å². The average molecular weight is 177 g/mol. The van der Waals surface area contributed by atoms with Gasteiger partial charge in [-0.3, -0.25) is 4.99 Å². The Hall–Kier alpha value is -1.65. The van der Waals surface area contributed by atoms with Crippen LogP contribution in [0.4, 0.5) is 0 Å². The SMILES string of the molecule is CN=c1ncn(C)c2c1ncn2C. The van der Waals surface area contributed by atoms with Crippen LogP contribution in [0.5, 0.6) is 0 Å². The van der Waals surface area contributed by atoms with E-state index in [1.165, 1.54) is 0 Å². The fourth-order valence-electron chi connectivity index (χ4n) is 1.42. The first-order valence-electron chi connectivity index (χ1n) is 3.99. The zero-order valence-electron chi connectivity index (χ0n) is 7.89. The Morgan fingerprint density at radius 1 is 1.15 bits per heavy atom. The highest BCUT2D eigenvalue weighted by Gasteiger charge is 2.03. The molecule has 2 heterocycles. The molecular formula is C8H11N5. The molecule has 0 aromatic carbocycles. The van der Waals surface area contributed by atoms with Crippen LogP contribution in [0.2, 0.25) is 0 Å². The summed E-state index contributed by atoms with van der Waals surface area (Å²) < 4.78 is 3.88. The first-order valence-corrected chi connectivity index (χ1v) is 3.99. The fourth-order valence-corrected chi connectivity index (χ4v) is 1.42. The summed E-state index contributed by atoms with van der Waals surface area (Å²) in [6.07, 6.45) is 3.51. The molecule has 0 saturated carbocycles. The first-order chi connectivity index (χ1) is 6.24. The molecule has 0 atom stereocenters. The molecule has 0 fully saturated rings. The maximum absolute atomic E-state index is 4.24. The van der Waals surface area contributed by atoms with Crippen molar-refractivity contribution in [3.05, 3.63) is 18.1 Å². The number of aromatic nitrogens is 4. The van der Waals surface area contributed by atoms with E-state index >= 15 is 0 Å². The Morgan fingerprint density at radius 2 is 1.77 bits per heavy atom. The van der Waals surface area contributed by atoms with Gasteiger partial charge in [-0.25, -0.2) is 9.97 Å². The van der Waals surface area contributed by atoms with Crippen molar-refractivity contribution in [2.24, 2.45) is 19.1 Å². The second-order valence-electron chi connectivity index (χ2n) is 2.93. The van der Waals surface area contributed by atoms with Crippen LogP contribution >= 0.6 is 0 Å². The van der Waals surface area contributed by atoms with Gasteiger partial charge in [0.05, 0.1) is 12.7 Å². The van der Waals surface area contributed by atoms with Crippen LogP contribution in [0.1, 0.15) is 0 Å². The van der Waals surface area contributed by atoms with Crippen LogP contribution in [0.25, 0.3) is 11.2 Å². The van der Waals surface area contributed by atoms with Crippen LogP contribution in [0.15, 0.2) is 17.6 Å². The maximum Gasteiger partial charge on any atom is 0.178 e. The Kier molecular flexibility index (Phi) is 1.65. The number of imidazole rings is 1. The minimum Gasteiger partial charge on any atom is -0.320 e. The van der Waals surface area contributed by atoms with E-state index in [4.69, 9.17) is 0 Å². The monoisotopic (exact) mass is 177 g/mol. The lowest BCUT2D eigenvalue weighted by Gasteiger charge is -2.01. The largest absolute Gasteiger partial charge is 0.320 e. The fraction of sp³-hybridized carbons (Fsp3) is 0.375. The van der Waals surface area contributed by atoms with Crippen molar-refractivity contribution < 1.29 is 0 Å². The lowest BCUT2D eigenvalue weighted by molar-refractivity contribution is 0.826. The van der Waals surface area contributed by atoms with E-state index in [9.17, 15) is 0 Å². The Labute approximate surface area is 75.4 Å². The van der Waals surface area contributed by atoms with Gasteiger partial charge in [0.2, 0.25) is 0 Å². The number of hydrogen-bond donors (Lipinski definition) is 0. The van der Waals surface area contributed by atoms with E-state index < -0.39 is 0 Å². The number of aryl methyl sites for hydroxylation is 2. The van der Waals surface area contributed by atoms with Gasteiger partial charge in [-0.05, 0) is 0 Å². The molecule has 5 nitrogen and oxygen atoms in total. The molecule has 0 bridgehead atoms. The lowest BCUT2D eigenvalue weighted by Crippen LogP contribution is -2.13. The van der Waals surface area contributed by atoms with Crippen molar-refractivity contribution in [3.63, 3.8) is 0 Å². The molecule has 13 heavy (non-hydrogen) atoms. The van der Waals surface area contributed by atoms with Gasteiger partial charge in [0, 0.05) is 21.1 Å². The van der Waals surface area contributed by atoms with Gasteiger partial charge >= 0.3 is 0 Å². The van der Waals surface area contributed by atoms with E-state index in [0.717, 1.165) is 11.2 Å². The quantitative estimate of drug-likeness (QED) is 0.561. The Morgan fingerprint density at radius 3 is 2.38 bits per heavy atom. The molecule has 2 aromatic rings. The highest BCUT2D eigenvalue weighted by Crippen LogP contribution is 2.03. The van der Waals surface area contributed by atoms with Crippen molar-refractivity contribution >= 4 is 11.2 Å². The zero-order valence-corrected chi connectivity index (χ0v) is 7.89. The third-order valence-corrected chi connectivity index (χ3v) is 2.02. The first kappa shape index (κ1) is 7.97. The summed E-state index contributed by atoms with van der Waals surface area (Å²) in [5, 5.41) is 0.